The van der Waals surface area contributed by atoms with Gasteiger partial charge in [0, 0.05) is 0 Å². The Bertz CT molecular complexity index is 135. The van der Waals surface area contributed by atoms with E-state index in [1.807, 2.05) is 0 Å². The van der Waals surface area contributed by atoms with Crippen molar-refractivity contribution >= 4 is 0 Å². The van der Waals surface area contributed by atoms with Gasteiger partial charge in [-0.3, -0.25) is 0 Å². The first kappa shape index (κ1) is 9.09. The lowest BCUT2D eigenvalue weighted by Gasteiger charge is -2.45. The Balaban J connectivity index is 2.72. The van der Waals surface area contributed by atoms with E-state index in [4.69, 9.17) is 0 Å². The molecule has 0 aromatic rings. The largest absolute Gasteiger partial charge is 0.0622 e. The normalized spacial score (nSPS) is 43.9. The first-order chi connectivity index (χ1) is 4.96. The molecule has 1 saturated carbocycles. The molecule has 1 fully saturated rings. The molecule has 0 radical (unpaired) electrons. The molecule has 0 heteroatoms. The zero-order valence-electron chi connectivity index (χ0n) is 8.65. The predicted octanol–water partition coefficient (Wildman–Crippen LogP) is 3.71. The van der Waals surface area contributed by atoms with E-state index in [9.17, 15) is 0 Å². The van der Waals surface area contributed by atoms with Crippen LogP contribution in [-0.4, -0.2) is 0 Å². The summed E-state index contributed by atoms with van der Waals surface area (Å²) < 4.78 is 0. The summed E-state index contributed by atoms with van der Waals surface area (Å²) in [6, 6.07) is 0. The minimum absolute atomic E-state index is 0.567. The summed E-state index contributed by atoms with van der Waals surface area (Å²) in [4.78, 5) is 0. The fourth-order valence-electron chi connectivity index (χ4n) is 2.32. The van der Waals surface area contributed by atoms with Crippen LogP contribution in [0, 0.1) is 23.2 Å². The van der Waals surface area contributed by atoms with Gasteiger partial charge < -0.3 is 0 Å². The molecular formula is C11H22. The zero-order valence-corrected chi connectivity index (χ0v) is 8.65. The quantitative estimate of drug-likeness (QED) is 0.499. The molecule has 0 amide bonds. The van der Waals surface area contributed by atoms with Crippen LogP contribution in [0.25, 0.3) is 0 Å². The summed E-state index contributed by atoms with van der Waals surface area (Å²) >= 11 is 0. The second-order valence-electron chi connectivity index (χ2n) is 5.07. The zero-order chi connectivity index (χ0) is 8.65. The third kappa shape index (κ3) is 1.45. The predicted molar refractivity (Wildman–Crippen MR) is 50.5 cm³/mol. The molecule has 11 heavy (non-hydrogen) atoms. The van der Waals surface area contributed by atoms with Crippen molar-refractivity contribution in [1.29, 1.82) is 0 Å². The molecule has 0 aliphatic heterocycles. The van der Waals surface area contributed by atoms with Gasteiger partial charge in [-0.2, -0.15) is 0 Å². The van der Waals surface area contributed by atoms with Crippen LogP contribution in [-0.2, 0) is 0 Å². The minimum atomic E-state index is 0.567. The molecule has 0 aromatic carbocycles. The smallest absolute Gasteiger partial charge is 0.0300 e. The van der Waals surface area contributed by atoms with Gasteiger partial charge in [0.1, 0.15) is 0 Å². The van der Waals surface area contributed by atoms with E-state index in [0.717, 1.165) is 17.8 Å². The maximum absolute atomic E-state index is 2.43. The van der Waals surface area contributed by atoms with E-state index in [-0.39, 0.29) is 0 Å². The molecule has 0 saturated heterocycles. The van der Waals surface area contributed by atoms with Crippen molar-refractivity contribution in [1.82, 2.24) is 0 Å². The third-order valence-electron chi connectivity index (χ3n) is 4.35. The highest BCUT2D eigenvalue weighted by Gasteiger charge is 2.38. The first-order valence-corrected chi connectivity index (χ1v) is 4.96. The van der Waals surface area contributed by atoms with Crippen molar-refractivity contribution in [2.75, 3.05) is 0 Å². The van der Waals surface area contributed by atoms with Crippen molar-refractivity contribution in [3.05, 3.63) is 0 Å². The van der Waals surface area contributed by atoms with Crippen molar-refractivity contribution in [2.24, 2.45) is 23.2 Å². The molecule has 3 atom stereocenters. The Hall–Kier alpha value is 0. The molecule has 0 spiro atoms. The minimum Gasteiger partial charge on any atom is -0.0622 e. The average Bonchev–Trinajstić information content (AvgIpc) is 1.95. The van der Waals surface area contributed by atoms with Crippen molar-refractivity contribution in [3.63, 3.8) is 0 Å². The Morgan fingerprint density at radius 1 is 1.00 bits per heavy atom. The number of rotatable bonds is 0. The highest BCUT2D eigenvalue weighted by Crippen LogP contribution is 2.46. The Morgan fingerprint density at radius 2 is 1.55 bits per heavy atom. The van der Waals surface area contributed by atoms with Crippen molar-refractivity contribution in [2.45, 2.75) is 47.5 Å². The summed E-state index contributed by atoms with van der Waals surface area (Å²) in [6.07, 6.45) is 2.87. The van der Waals surface area contributed by atoms with Crippen LogP contribution < -0.4 is 0 Å². The van der Waals surface area contributed by atoms with E-state index in [1.54, 1.807) is 0 Å². The maximum atomic E-state index is 2.43. The Kier molecular flexibility index (Phi) is 2.32. The summed E-state index contributed by atoms with van der Waals surface area (Å²) in [5.74, 6) is 2.74. The molecule has 1 aliphatic carbocycles. The fourth-order valence-corrected chi connectivity index (χ4v) is 2.32. The van der Waals surface area contributed by atoms with E-state index in [2.05, 4.69) is 34.6 Å². The third-order valence-corrected chi connectivity index (χ3v) is 4.35. The van der Waals surface area contributed by atoms with Crippen LogP contribution in [0.15, 0.2) is 0 Å². The summed E-state index contributed by atoms with van der Waals surface area (Å²) in [7, 11) is 0. The molecule has 0 unspecified atom stereocenters. The molecule has 0 heterocycles. The van der Waals surface area contributed by atoms with Crippen LogP contribution >= 0.6 is 0 Å². The van der Waals surface area contributed by atoms with Crippen LogP contribution in [0.2, 0.25) is 0 Å². The van der Waals surface area contributed by atoms with Gasteiger partial charge in [-0.1, -0.05) is 41.0 Å². The lowest BCUT2D eigenvalue weighted by molar-refractivity contribution is 0.0406. The van der Waals surface area contributed by atoms with Crippen LogP contribution in [0.5, 0.6) is 0 Å². The van der Waals surface area contributed by atoms with Gasteiger partial charge in [-0.15, -0.1) is 0 Å². The fraction of sp³-hybridized carbons (Fsp3) is 1.00. The Morgan fingerprint density at radius 3 is 2.00 bits per heavy atom. The summed E-state index contributed by atoms with van der Waals surface area (Å²) in [5.41, 5.74) is 0.567. The van der Waals surface area contributed by atoms with Crippen LogP contribution in [0.3, 0.4) is 0 Å². The van der Waals surface area contributed by atoms with Gasteiger partial charge in [0.2, 0.25) is 0 Å². The van der Waals surface area contributed by atoms with E-state index in [0.29, 0.717) is 5.41 Å². The highest BCUT2D eigenvalue weighted by atomic mass is 14.4. The van der Waals surface area contributed by atoms with Crippen LogP contribution in [0.1, 0.15) is 47.5 Å². The van der Waals surface area contributed by atoms with Gasteiger partial charge in [0.05, 0.1) is 0 Å². The molecule has 1 aliphatic rings. The second-order valence-corrected chi connectivity index (χ2v) is 5.07. The van der Waals surface area contributed by atoms with Gasteiger partial charge in [-0.05, 0) is 29.6 Å². The first-order valence-electron chi connectivity index (χ1n) is 4.96. The summed E-state index contributed by atoms with van der Waals surface area (Å²) in [6.45, 7) is 12.1. The monoisotopic (exact) mass is 154 g/mol. The molecule has 0 N–H and O–H groups in total. The second kappa shape index (κ2) is 2.80. The van der Waals surface area contributed by atoms with Crippen molar-refractivity contribution < 1.29 is 0 Å². The van der Waals surface area contributed by atoms with Gasteiger partial charge in [0.15, 0.2) is 0 Å². The lowest BCUT2D eigenvalue weighted by Crippen LogP contribution is -2.37. The van der Waals surface area contributed by atoms with E-state index in [1.165, 1.54) is 12.8 Å². The molecule has 0 nitrogen and oxygen atoms in total. The Labute approximate surface area is 71.4 Å². The van der Waals surface area contributed by atoms with Gasteiger partial charge >= 0.3 is 0 Å². The summed E-state index contributed by atoms with van der Waals surface area (Å²) in [5, 5.41) is 0. The average molecular weight is 154 g/mol. The number of hydrogen-bond donors (Lipinski definition) is 0. The molecule has 1 rings (SSSR count). The standard InChI is InChI=1S/C11H22/c1-8-6-7-9(2)11(4,5)10(8)3/h8-10H,6-7H2,1-5H3/t8-,9-,10+/m0/s1. The molecular weight excluding hydrogens is 132 g/mol. The van der Waals surface area contributed by atoms with E-state index < -0.39 is 0 Å². The topological polar surface area (TPSA) is 0 Å². The lowest BCUT2D eigenvalue weighted by atomic mass is 9.60. The van der Waals surface area contributed by atoms with Gasteiger partial charge in [-0.25, -0.2) is 0 Å². The van der Waals surface area contributed by atoms with Crippen LogP contribution in [0.4, 0.5) is 0 Å². The SMILES string of the molecule is C[C@@H]1[C@@H](C)CC[C@H](C)C1(C)C. The molecule has 0 bridgehead atoms. The van der Waals surface area contributed by atoms with Gasteiger partial charge in [0.25, 0.3) is 0 Å². The van der Waals surface area contributed by atoms with E-state index >= 15 is 0 Å². The molecule has 0 aromatic heterocycles. The van der Waals surface area contributed by atoms with Crippen molar-refractivity contribution in [3.8, 4) is 0 Å². The number of hydrogen-bond acceptors (Lipinski definition) is 0. The maximum Gasteiger partial charge on any atom is -0.0300 e. The highest BCUT2D eigenvalue weighted by molar-refractivity contribution is 4.87. The molecule has 66 valence electrons.